The summed E-state index contributed by atoms with van der Waals surface area (Å²) in [5.74, 6) is 3.56. The maximum atomic E-state index is 13.0. The number of anilines is 2. The monoisotopic (exact) mass is 1890 g/mol. The van der Waals surface area contributed by atoms with Crippen molar-refractivity contribution in [2.24, 2.45) is 0 Å². The van der Waals surface area contributed by atoms with Gasteiger partial charge in [0.05, 0.1) is 13.2 Å². The van der Waals surface area contributed by atoms with E-state index in [1.165, 1.54) is 69.8 Å². The van der Waals surface area contributed by atoms with Gasteiger partial charge in [0.25, 0.3) is 0 Å². The zero-order chi connectivity index (χ0) is 88.6. The van der Waals surface area contributed by atoms with Crippen molar-refractivity contribution >= 4 is 35.1 Å². The molecule has 4 fully saturated rings. The van der Waals surface area contributed by atoms with Crippen LogP contribution < -0.4 is 9.80 Å². The van der Waals surface area contributed by atoms with Crippen LogP contribution in [0.3, 0.4) is 0 Å². The number of likely N-dealkylation sites (tertiary alicyclic amines) is 1. The van der Waals surface area contributed by atoms with Crippen LogP contribution in [0.5, 0.6) is 0 Å². The lowest BCUT2D eigenvalue weighted by atomic mass is 10.1. The Morgan fingerprint density at radius 1 is 0.288 bits per heavy atom. The summed E-state index contributed by atoms with van der Waals surface area (Å²) in [6.07, 6.45) is -4.95. The highest BCUT2D eigenvalue weighted by atomic mass is 35.5. The van der Waals surface area contributed by atoms with Crippen molar-refractivity contribution in [3.63, 3.8) is 0 Å². The second kappa shape index (κ2) is 53.8. The number of piperidine rings is 1. The predicted molar refractivity (Wildman–Crippen MR) is 492 cm³/mol. The molecule has 716 valence electrons. The third-order valence-electron chi connectivity index (χ3n) is 18.8. The zero-order valence-electron chi connectivity index (χ0n) is 68.3. The highest BCUT2D eigenvalue weighted by Gasteiger charge is 2.36. The number of piperazine rings is 1. The summed E-state index contributed by atoms with van der Waals surface area (Å²) in [6.45, 7) is 17.6. The Hall–Kier alpha value is -11.6. The lowest BCUT2D eigenvalue weighted by Gasteiger charge is -2.32. The van der Waals surface area contributed by atoms with Crippen LogP contribution in [0.25, 0.3) is 46.1 Å². The van der Waals surface area contributed by atoms with Crippen molar-refractivity contribution in [2.45, 2.75) is 176 Å². The molecule has 0 aliphatic carbocycles. The fraction of sp³-hybridized carbons (Fsp3) is 0.435. The molecule has 12 aromatic rings. The molecule has 0 radical (unpaired) electrons. The SMILES string of the molecule is C.C.C.C.C.C.C.C.C1CCOCC1.CN1CCCCC1.Cc1cccc(-c2nc(Cc3ccnc(C(F)(F)F)c3)nc(N3CCN(C)CC3)n2)n1.Cc1cccc(-c2nc(Cc3ccnc(C(F)(F)F)c3)nc(N3CCOCC3)n2)n1.Cc1cccc(-c2nc(Cl)nc(Cc3ccnc(C(F)(F)F)c3)n2)n1.Cc1cccc(-c2nc(Cl)nc(Cc3ccnc(C(F)(F)F)c3)n2)n1. The van der Waals surface area contributed by atoms with Crippen LogP contribution in [0.1, 0.15) is 189 Å². The van der Waals surface area contributed by atoms with Gasteiger partial charge in [0.15, 0.2) is 23.3 Å². The lowest BCUT2D eigenvalue weighted by Crippen LogP contribution is -2.45. The molecule has 16 rings (SSSR count). The Bertz CT molecular complexity index is 5330. The van der Waals surface area contributed by atoms with Crippen LogP contribution in [0.2, 0.25) is 10.6 Å². The summed E-state index contributed by atoms with van der Waals surface area (Å²) in [5.41, 5.74) is 3.17. The van der Waals surface area contributed by atoms with E-state index >= 15 is 0 Å². The Kier molecular flexibility index (Phi) is 46.7. The number of aryl methyl sites for hydroxylation is 4. The maximum Gasteiger partial charge on any atom is 0.433 e. The second-order valence-electron chi connectivity index (χ2n) is 28.9. The van der Waals surface area contributed by atoms with Gasteiger partial charge >= 0.3 is 24.7 Å². The van der Waals surface area contributed by atoms with Crippen molar-refractivity contribution in [3.8, 4) is 46.1 Å². The van der Waals surface area contributed by atoms with Gasteiger partial charge in [-0.2, -0.15) is 82.6 Å². The van der Waals surface area contributed by atoms with Crippen LogP contribution in [0.4, 0.5) is 64.6 Å². The summed E-state index contributed by atoms with van der Waals surface area (Å²) in [4.78, 5) is 91.6. The van der Waals surface area contributed by atoms with Crippen molar-refractivity contribution in [1.29, 1.82) is 0 Å². The van der Waals surface area contributed by atoms with E-state index in [1.807, 2.05) is 75.1 Å². The minimum atomic E-state index is -4.51. The van der Waals surface area contributed by atoms with Gasteiger partial charge in [-0.15, -0.1) is 0 Å². The van der Waals surface area contributed by atoms with Gasteiger partial charge in [0, 0.05) is 126 Å². The molecule has 26 nitrogen and oxygen atoms in total. The van der Waals surface area contributed by atoms with Gasteiger partial charge in [0.1, 0.15) is 68.8 Å². The minimum absolute atomic E-state index is 0. The van der Waals surface area contributed by atoms with Gasteiger partial charge in [-0.3, -0.25) is 19.9 Å². The molecule has 0 saturated carbocycles. The summed E-state index contributed by atoms with van der Waals surface area (Å²) in [5, 5.41) is -0.0955. The summed E-state index contributed by atoms with van der Waals surface area (Å²) in [7, 11) is 4.25. The third-order valence-corrected chi connectivity index (χ3v) is 19.1. The Labute approximate surface area is 775 Å². The number of hydrogen-bond acceptors (Lipinski definition) is 26. The molecule has 4 aliphatic rings. The first kappa shape index (κ1) is 115. The number of alkyl halides is 12. The number of ether oxygens (including phenoxy) is 2. The largest absolute Gasteiger partial charge is 0.433 e. The summed E-state index contributed by atoms with van der Waals surface area (Å²) in [6, 6.07) is 31.7. The number of pyridine rings is 8. The number of likely N-dealkylation sites (N-methyl/N-ethyl adjacent to an activating group) is 1. The van der Waals surface area contributed by atoms with E-state index in [-0.39, 0.29) is 119 Å². The molecule has 4 saturated heterocycles. The highest BCUT2D eigenvalue weighted by molar-refractivity contribution is 6.28. The molecule has 0 unspecified atom stereocenters. The van der Waals surface area contributed by atoms with E-state index in [1.54, 1.807) is 36.4 Å². The van der Waals surface area contributed by atoms with Crippen molar-refractivity contribution in [3.05, 3.63) is 248 Å². The number of morpholine rings is 1. The van der Waals surface area contributed by atoms with E-state index in [2.05, 4.69) is 128 Å². The Balaban J connectivity index is 0.000000425. The van der Waals surface area contributed by atoms with Crippen molar-refractivity contribution in [2.75, 3.05) is 103 Å². The standard InChI is InChI=1S/C21H22F3N7.C20H19F3N6O.2C16H11ClF3N5.C6H13N.C5H10O.8CH4/c1-14-4-3-5-16(26-14)19-27-18(13-15-6-7-25-17(12-15)21(22,23)24)28-20(29-19)31-10-8-30(2)9-11-31;1-13-3-2-4-15(25-13)18-26-17(27-19(28-18)29-7-9-30-10-8-29)12-14-5-6-24-16(11-14)20(21,22)23;2*1-9-3-2-4-11(22-9)14-23-13(24-15(17)25-14)8-10-5-6-21-12(7-10)16(18,19)20;1-7-5-3-2-4-6-7;1-2-4-6-5-3-1;;;;;;;;/h3-7,12H,8-11,13H2,1-2H3;2-6,11H,7-10,12H2,1H3;2*2-7H,8H2,1H3;2-6H2,1H3;1-5H2;8*1H4. The topological polar surface area (TPSA) is 289 Å². The molecule has 0 bridgehead atoms. The zero-order valence-corrected chi connectivity index (χ0v) is 69.8. The van der Waals surface area contributed by atoms with Crippen LogP contribution >= 0.6 is 23.2 Å². The van der Waals surface area contributed by atoms with Crippen molar-refractivity contribution in [1.82, 2.24) is 109 Å². The third kappa shape index (κ3) is 36.2. The van der Waals surface area contributed by atoms with Crippen molar-refractivity contribution < 1.29 is 62.2 Å². The normalized spacial score (nSPS) is 13.8. The molecule has 16 heterocycles. The molecule has 40 heteroatoms. The van der Waals surface area contributed by atoms with Gasteiger partial charge in [0.2, 0.25) is 22.5 Å². The maximum absolute atomic E-state index is 13.0. The van der Waals surface area contributed by atoms with E-state index in [0.717, 1.165) is 111 Å². The molecule has 0 amide bonds. The van der Waals surface area contributed by atoms with Gasteiger partial charge < -0.3 is 29.1 Å². The quantitative estimate of drug-likeness (QED) is 0.0914. The van der Waals surface area contributed by atoms with Crippen LogP contribution in [0.15, 0.2) is 146 Å². The second-order valence-corrected chi connectivity index (χ2v) is 29.6. The molecule has 4 aliphatic heterocycles. The number of aromatic nitrogens is 20. The first-order valence-corrected chi connectivity index (χ1v) is 40.1. The fourth-order valence-electron chi connectivity index (χ4n) is 12.5. The fourth-order valence-corrected chi connectivity index (χ4v) is 12.9. The van der Waals surface area contributed by atoms with E-state index < -0.39 is 47.5 Å². The molecule has 132 heavy (non-hydrogen) atoms. The molecule has 12 aromatic heterocycles. The van der Waals surface area contributed by atoms with E-state index in [4.69, 9.17) is 32.7 Å². The van der Waals surface area contributed by atoms with Gasteiger partial charge in [-0.05, 0) is 230 Å². The van der Waals surface area contributed by atoms with Crippen LogP contribution in [-0.2, 0) is 59.9 Å². The molecule has 0 N–H and O–H groups in total. The van der Waals surface area contributed by atoms with Crippen LogP contribution in [0, 0.1) is 27.7 Å². The lowest BCUT2D eigenvalue weighted by molar-refractivity contribution is -0.142. The molecular weight excluding hydrogens is 1770 g/mol. The van der Waals surface area contributed by atoms with Gasteiger partial charge in [-0.1, -0.05) is 90.1 Å². The summed E-state index contributed by atoms with van der Waals surface area (Å²) < 4.78 is 165. The van der Waals surface area contributed by atoms with Crippen LogP contribution in [-0.4, -0.2) is 202 Å². The number of nitrogens with zero attached hydrogens (tertiary/aromatic N) is 24. The average Bonchev–Trinajstić information content (AvgIpc) is 0.786. The first-order valence-electron chi connectivity index (χ1n) is 39.4. The first-order chi connectivity index (χ1) is 59.2. The van der Waals surface area contributed by atoms with Gasteiger partial charge in [-0.25, -0.2) is 49.8 Å². The van der Waals surface area contributed by atoms with E-state index in [9.17, 15) is 52.7 Å². The predicted octanol–water partition coefficient (Wildman–Crippen LogP) is 21.3. The average molecular weight is 1890 g/mol. The molecule has 0 aromatic carbocycles. The minimum Gasteiger partial charge on any atom is -0.381 e. The Morgan fingerprint density at radius 3 is 0.811 bits per heavy atom. The molecular formula is C92H118Cl2F12N24O2. The number of hydrogen-bond donors (Lipinski definition) is 0. The molecule has 0 spiro atoms. The Morgan fingerprint density at radius 2 is 0.553 bits per heavy atom. The summed E-state index contributed by atoms with van der Waals surface area (Å²) >= 11 is 11.9. The molecule has 0 atom stereocenters. The number of halogens is 14. The number of rotatable bonds is 14. The smallest absolute Gasteiger partial charge is 0.381 e. The highest BCUT2D eigenvalue weighted by Crippen LogP contribution is 2.33. The van der Waals surface area contributed by atoms with E-state index in [0.29, 0.717) is 107 Å².